The van der Waals surface area contributed by atoms with Gasteiger partial charge in [-0.15, -0.1) is 0 Å². The molecular weight excluding hydrogens is 690 g/mol. The number of pyridine rings is 1. The number of esters is 1. The Bertz CT molecular complexity index is 2170. The van der Waals surface area contributed by atoms with Crippen molar-refractivity contribution in [3.05, 3.63) is 116 Å². The average Bonchev–Trinajstić information content (AvgIpc) is 3.02. The molecule has 0 radical (unpaired) electrons. The van der Waals surface area contributed by atoms with Gasteiger partial charge in [0.15, 0.2) is 0 Å². The second-order valence-electron chi connectivity index (χ2n) is 12.8. The predicted octanol–water partition coefficient (Wildman–Crippen LogP) is 2.83. The maximum atomic E-state index is 15.2. The summed E-state index contributed by atoms with van der Waals surface area (Å²) in [5, 5.41) is 4.96. The first-order valence-electron chi connectivity index (χ1n) is 15.5. The molecule has 1 atom stereocenters. The number of aryl methyl sites for hydroxylation is 1. The zero-order valence-corrected chi connectivity index (χ0v) is 29.3. The molecule has 4 aromatic rings. The number of benzene rings is 2. The van der Waals surface area contributed by atoms with Crippen LogP contribution in [-0.2, 0) is 33.0 Å². The van der Waals surface area contributed by atoms with Gasteiger partial charge in [-0.2, -0.15) is 0 Å². The Kier molecular flexibility index (Phi) is 11.2. The van der Waals surface area contributed by atoms with Gasteiger partial charge in [-0.3, -0.25) is 19.1 Å². The summed E-state index contributed by atoms with van der Waals surface area (Å²) >= 11 is 0. The quantitative estimate of drug-likeness (QED) is 0.195. The van der Waals surface area contributed by atoms with E-state index in [9.17, 15) is 32.4 Å². The minimum Gasteiger partial charge on any atom is -0.461 e. The average molecular weight is 727 g/mol. The van der Waals surface area contributed by atoms with Crippen molar-refractivity contribution >= 4 is 33.5 Å². The first-order valence-corrected chi connectivity index (χ1v) is 16.9. The van der Waals surface area contributed by atoms with Crippen LogP contribution in [0.25, 0.3) is 5.69 Å². The van der Waals surface area contributed by atoms with Crippen molar-refractivity contribution in [2.45, 2.75) is 63.6 Å². The highest BCUT2D eigenvalue weighted by Gasteiger charge is 2.28. The molecule has 3 N–H and O–H groups in total. The third-order valence-electron chi connectivity index (χ3n) is 7.02. The number of sulfonamides is 1. The van der Waals surface area contributed by atoms with Gasteiger partial charge in [0.25, 0.3) is 27.4 Å². The van der Waals surface area contributed by atoms with Crippen molar-refractivity contribution in [1.29, 1.82) is 0 Å². The molecule has 17 heteroatoms. The molecule has 2 aromatic heterocycles. The summed E-state index contributed by atoms with van der Waals surface area (Å²) in [5.41, 5.74) is -2.74. The van der Waals surface area contributed by atoms with Crippen LogP contribution in [0, 0.1) is 11.6 Å². The van der Waals surface area contributed by atoms with Crippen molar-refractivity contribution < 1.29 is 36.3 Å². The minimum absolute atomic E-state index is 0.0555. The van der Waals surface area contributed by atoms with Crippen LogP contribution in [0.5, 0.6) is 0 Å². The van der Waals surface area contributed by atoms with E-state index in [1.165, 1.54) is 54.2 Å². The van der Waals surface area contributed by atoms with Crippen molar-refractivity contribution in [2.24, 2.45) is 7.05 Å². The van der Waals surface area contributed by atoms with Crippen LogP contribution in [-0.4, -0.2) is 58.0 Å². The summed E-state index contributed by atoms with van der Waals surface area (Å²) < 4.78 is 65.7. The van der Waals surface area contributed by atoms with Crippen molar-refractivity contribution in [2.75, 3.05) is 4.72 Å². The normalized spacial score (nSPS) is 12.3. The Labute approximate surface area is 291 Å². The van der Waals surface area contributed by atoms with Gasteiger partial charge in [0.05, 0.1) is 17.5 Å². The van der Waals surface area contributed by atoms with Gasteiger partial charge >= 0.3 is 11.7 Å². The number of carbonyl (C=O) groups is 3. The Morgan fingerprint density at radius 2 is 1.57 bits per heavy atom. The van der Waals surface area contributed by atoms with E-state index in [1.807, 2.05) is 4.72 Å². The fraction of sp³-hybridized carbons (Fsp3) is 0.294. The summed E-state index contributed by atoms with van der Waals surface area (Å²) in [6.07, 6.45) is 1.43. The van der Waals surface area contributed by atoms with Crippen LogP contribution < -0.4 is 26.6 Å². The second-order valence-corrected chi connectivity index (χ2v) is 14.5. The zero-order valence-electron chi connectivity index (χ0n) is 28.5. The van der Waals surface area contributed by atoms with Crippen LogP contribution in [0.1, 0.15) is 61.0 Å². The molecular formula is C34H36F2N6O8S. The lowest BCUT2D eigenvalue weighted by molar-refractivity contribution is -0.149. The molecule has 0 bridgehead atoms. The Hall–Kier alpha value is -5.71. The van der Waals surface area contributed by atoms with E-state index in [0.29, 0.717) is 17.7 Å². The lowest BCUT2D eigenvalue weighted by Crippen LogP contribution is -2.44. The van der Waals surface area contributed by atoms with E-state index in [2.05, 4.69) is 15.6 Å². The van der Waals surface area contributed by atoms with Crippen molar-refractivity contribution in [1.82, 2.24) is 24.8 Å². The van der Waals surface area contributed by atoms with E-state index >= 15 is 8.78 Å². The van der Waals surface area contributed by atoms with E-state index in [1.54, 1.807) is 34.6 Å². The van der Waals surface area contributed by atoms with Gasteiger partial charge in [0, 0.05) is 37.5 Å². The molecule has 0 aliphatic heterocycles. The third-order valence-corrected chi connectivity index (χ3v) is 8.39. The molecule has 0 saturated carbocycles. The number of hydrogen-bond acceptors (Lipinski definition) is 9. The van der Waals surface area contributed by atoms with E-state index in [-0.39, 0.29) is 17.8 Å². The summed E-state index contributed by atoms with van der Waals surface area (Å²) in [6.45, 7) is 8.40. The van der Waals surface area contributed by atoms with E-state index in [0.717, 1.165) is 16.8 Å². The first-order chi connectivity index (χ1) is 23.8. The molecule has 14 nitrogen and oxygen atoms in total. The van der Waals surface area contributed by atoms with Gasteiger partial charge < -0.3 is 19.9 Å². The van der Waals surface area contributed by atoms with Gasteiger partial charge in [-0.05, 0) is 76.6 Å². The number of amides is 2. The Balaban J connectivity index is 1.53. The molecule has 2 amide bonds. The van der Waals surface area contributed by atoms with Gasteiger partial charge in [-0.25, -0.2) is 36.3 Å². The highest BCUT2D eigenvalue weighted by atomic mass is 32.2. The number of rotatable bonds is 11. The lowest BCUT2D eigenvalue weighted by Gasteiger charge is -2.20. The molecule has 0 aliphatic carbocycles. The third kappa shape index (κ3) is 9.50. The van der Waals surface area contributed by atoms with Crippen LogP contribution in [0.3, 0.4) is 0 Å². The summed E-state index contributed by atoms with van der Waals surface area (Å²) in [4.78, 5) is 66.7. The molecule has 0 unspecified atom stereocenters. The summed E-state index contributed by atoms with van der Waals surface area (Å²) in [5.74, 6) is -5.64. The second kappa shape index (κ2) is 15.0. The Morgan fingerprint density at radius 1 is 0.941 bits per heavy atom. The first kappa shape index (κ1) is 38.1. The predicted molar refractivity (Wildman–Crippen MR) is 182 cm³/mol. The number of anilines is 1. The largest absolute Gasteiger partial charge is 0.461 e. The zero-order chi connectivity index (χ0) is 37.8. The van der Waals surface area contributed by atoms with Crippen LogP contribution in [0.4, 0.5) is 14.5 Å². The smallest absolute Gasteiger partial charge is 0.335 e. The summed E-state index contributed by atoms with van der Waals surface area (Å²) in [7, 11) is -2.96. The monoisotopic (exact) mass is 726 g/mol. The Morgan fingerprint density at radius 3 is 2.12 bits per heavy atom. The molecule has 51 heavy (non-hydrogen) atoms. The maximum absolute atomic E-state index is 15.2. The standard InChI is InChI=1S/C34H36F2N6O8S/c1-19(2)50-32(46)27(15-20-7-9-22(10-8-20)42-28(43)13-14-41(6)33(42)47)38-31(45)29-24(35)16-21(17-25(29)36)40-51(48,49)23-11-12-26(37-18-23)30(44)39-34(3,4)5/h7-14,16-19,27,40H,15H2,1-6H3,(H,38,45)(H,39,44)/t27-/m0/s1. The van der Waals surface area contributed by atoms with Crippen molar-refractivity contribution in [3.63, 3.8) is 0 Å². The maximum Gasteiger partial charge on any atom is 0.335 e. The van der Waals surface area contributed by atoms with Gasteiger partial charge in [0.2, 0.25) is 0 Å². The lowest BCUT2D eigenvalue weighted by atomic mass is 10.0. The highest BCUT2D eigenvalue weighted by Crippen LogP contribution is 2.23. The minimum atomic E-state index is -4.44. The van der Waals surface area contributed by atoms with Crippen LogP contribution in [0.2, 0.25) is 0 Å². The number of ether oxygens (including phenoxy) is 1. The number of hydrogen-bond donors (Lipinski definition) is 3. The number of nitrogens with zero attached hydrogens (tertiary/aromatic N) is 3. The van der Waals surface area contributed by atoms with Crippen molar-refractivity contribution in [3.8, 4) is 5.69 Å². The van der Waals surface area contributed by atoms with Crippen LogP contribution >= 0.6 is 0 Å². The molecule has 0 fully saturated rings. The van der Waals surface area contributed by atoms with E-state index < -0.39 is 84.5 Å². The molecule has 4 rings (SSSR count). The molecule has 2 heterocycles. The molecule has 0 saturated heterocycles. The highest BCUT2D eigenvalue weighted by molar-refractivity contribution is 7.92. The number of aromatic nitrogens is 3. The fourth-order valence-corrected chi connectivity index (χ4v) is 5.68. The molecule has 2 aromatic carbocycles. The van der Waals surface area contributed by atoms with Gasteiger partial charge in [-0.1, -0.05) is 12.1 Å². The molecule has 0 spiro atoms. The molecule has 0 aliphatic rings. The molecule has 270 valence electrons. The van der Waals surface area contributed by atoms with E-state index in [4.69, 9.17) is 4.74 Å². The summed E-state index contributed by atoms with van der Waals surface area (Å²) in [6, 6.07) is 9.14. The number of nitrogens with one attached hydrogen (secondary N) is 3. The fourth-order valence-electron chi connectivity index (χ4n) is 4.70. The topological polar surface area (TPSA) is 188 Å². The van der Waals surface area contributed by atoms with Gasteiger partial charge in [0.1, 0.15) is 33.8 Å². The number of carbonyl (C=O) groups excluding carboxylic acids is 3. The number of halogens is 2. The SMILES string of the molecule is CC(C)OC(=O)[C@H](Cc1ccc(-n2c(=O)ccn(C)c2=O)cc1)NC(=O)c1c(F)cc(NS(=O)(=O)c2ccc(C(=O)NC(C)(C)C)nc2)cc1F. The van der Waals surface area contributed by atoms with Crippen LogP contribution in [0.15, 0.2) is 81.5 Å².